The second-order valence-electron chi connectivity index (χ2n) is 4.76. The zero-order valence-corrected chi connectivity index (χ0v) is 13.7. The molecule has 2 heterocycles. The second kappa shape index (κ2) is 6.13. The normalized spacial score (nSPS) is 18.9. The molecular weight excluding hydrogens is 346 g/mol. The average Bonchev–Trinajstić information content (AvgIpc) is 2.73. The van der Waals surface area contributed by atoms with Crippen LogP contribution in [0, 0.1) is 12.8 Å². The van der Waals surface area contributed by atoms with Gasteiger partial charge in [-0.2, -0.15) is 0 Å². The maximum atomic E-state index is 12.6. The Hall–Kier alpha value is -1.08. The molecule has 0 saturated carbocycles. The van der Waals surface area contributed by atoms with Crippen molar-refractivity contribution in [1.29, 1.82) is 0 Å². The summed E-state index contributed by atoms with van der Waals surface area (Å²) in [5.74, 6) is -0.914. The number of carbonyl (C=O) groups is 2. The summed E-state index contributed by atoms with van der Waals surface area (Å²) >= 11 is 4.78. The van der Waals surface area contributed by atoms with Gasteiger partial charge in [-0.1, -0.05) is 0 Å². The molecule has 1 saturated heterocycles. The number of carboxylic acids is 1. The van der Waals surface area contributed by atoms with Gasteiger partial charge in [0.1, 0.15) is 4.88 Å². The maximum Gasteiger partial charge on any atom is 0.308 e. The van der Waals surface area contributed by atoms with E-state index in [-0.39, 0.29) is 12.5 Å². The highest BCUT2D eigenvalue weighted by molar-refractivity contribution is 9.10. The minimum Gasteiger partial charge on any atom is -0.494 e. The lowest BCUT2D eigenvalue weighted by Gasteiger charge is -2.30. The van der Waals surface area contributed by atoms with Crippen molar-refractivity contribution in [2.75, 3.05) is 20.2 Å². The summed E-state index contributed by atoms with van der Waals surface area (Å²) in [6, 6.07) is 0. The number of piperidine rings is 1. The van der Waals surface area contributed by atoms with Crippen LogP contribution in [-0.2, 0) is 4.79 Å². The zero-order valence-electron chi connectivity index (χ0n) is 11.3. The number of aryl methyl sites for hydroxylation is 1. The number of rotatable bonds is 3. The molecule has 0 aliphatic carbocycles. The van der Waals surface area contributed by atoms with Crippen molar-refractivity contribution in [2.24, 2.45) is 5.92 Å². The van der Waals surface area contributed by atoms with Crippen LogP contribution in [0.3, 0.4) is 0 Å². The standard InChI is InChI=1S/C13H16BrNO4S/c1-7-9(14)10(19-2)11(20-7)12(16)15-5-3-4-8(6-15)13(17)18/h8H,3-6H2,1-2H3,(H,17,18)/t8-/m0/s1. The van der Waals surface area contributed by atoms with E-state index < -0.39 is 11.9 Å². The fourth-order valence-electron chi connectivity index (χ4n) is 2.33. The van der Waals surface area contributed by atoms with Crippen LogP contribution in [0.15, 0.2) is 4.47 Å². The van der Waals surface area contributed by atoms with E-state index in [0.717, 1.165) is 15.8 Å². The van der Waals surface area contributed by atoms with Crippen molar-refractivity contribution in [2.45, 2.75) is 19.8 Å². The predicted octanol–water partition coefficient (Wildman–Crippen LogP) is 2.76. The van der Waals surface area contributed by atoms with Crippen molar-refractivity contribution in [3.8, 4) is 5.75 Å². The Morgan fingerprint density at radius 2 is 2.20 bits per heavy atom. The van der Waals surface area contributed by atoms with E-state index in [9.17, 15) is 9.59 Å². The molecule has 0 spiro atoms. The van der Waals surface area contributed by atoms with Crippen molar-refractivity contribution in [3.05, 3.63) is 14.2 Å². The number of thiophene rings is 1. The third-order valence-corrected chi connectivity index (χ3v) is 5.72. The molecule has 1 N–H and O–H groups in total. The summed E-state index contributed by atoms with van der Waals surface area (Å²) in [7, 11) is 1.53. The number of carbonyl (C=O) groups excluding carboxylic acids is 1. The topological polar surface area (TPSA) is 66.8 Å². The lowest BCUT2D eigenvalue weighted by Crippen LogP contribution is -2.42. The molecule has 1 aliphatic rings. The number of amides is 1. The molecule has 1 fully saturated rings. The smallest absolute Gasteiger partial charge is 0.308 e. The van der Waals surface area contributed by atoms with E-state index in [2.05, 4.69) is 15.9 Å². The van der Waals surface area contributed by atoms with Crippen molar-refractivity contribution in [3.63, 3.8) is 0 Å². The van der Waals surface area contributed by atoms with Gasteiger partial charge < -0.3 is 14.7 Å². The van der Waals surface area contributed by atoms with E-state index in [0.29, 0.717) is 23.6 Å². The number of carboxylic acid groups (broad SMARTS) is 1. The van der Waals surface area contributed by atoms with Gasteiger partial charge in [0, 0.05) is 18.0 Å². The lowest BCUT2D eigenvalue weighted by molar-refractivity contribution is -0.143. The van der Waals surface area contributed by atoms with Gasteiger partial charge in [0.25, 0.3) is 5.91 Å². The van der Waals surface area contributed by atoms with Gasteiger partial charge in [-0.3, -0.25) is 9.59 Å². The van der Waals surface area contributed by atoms with Gasteiger partial charge in [0.05, 0.1) is 17.5 Å². The molecule has 5 nitrogen and oxygen atoms in total. The van der Waals surface area contributed by atoms with Gasteiger partial charge >= 0.3 is 5.97 Å². The number of aliphatic carboxylic acids is 1. The number of ether oxygens (including phenoxy) is 1. The summed E-state index contributed by atoms with van der Waals surface area (Å²) in [5, 5.41) is 9.09. The van der Waals surface area contributed by atoms with Crippen LogP contribution in [-0.4, -0.2) is 42.1 Å². The summed E-state index contributed by atoms with van der Waals surface area (Å²) < 4.78 is 6.07. The molecule has 1 aromatic rings. The Kier molecular flexibility index (Phi) is 4.70. The molecule has 1 amide bonds. The molecule has 0 aromatic carbocycles. The van der Waals surface area contributed by atoms with Crippen LogP contribution in [0.25, 0.3) is 0 Å². The second-order valence-corrected chi connectivity index (χ2v) is 6.78. The first-order valence-corrected chi connectivity index (χ1v) is 7.91. The highest BCUT2D eigenvalue weighted by atomic mass is 79.9. The molecule has 7 heteroatoms. The molecule has 1 aliphatic heterocycles. The Labute approximate surface area is 129 Å². The number of likely N-dealkylation sites (tertiary alicyclic amines) is 1. The Morgan fingerprint density at radius 1 is 1.50 bits per heavy atom. The third-order valence-electron chi connectivity index (χ3n) is 3.43. The van der Waals surface area contributed by atoms with Gasteiger partial charge in [-0.25, -0.2) is 0 Å². The van der Waals surface area contributed by atoms with Gasteiger partial charge in [0.2, 0.25) is 0 Å². The van der Waals surface area contributed by atoms with Gasteiger partial charge in [-0.15, -0.1) is 11.3 Å². The Bertz CT molecular complexity index is 543. The van der Waals surface area contributed by atoms with Crippen molar-refractivity contribution in [1.82, 2.24) is 4.90 Å². The fourth-order valence-corrected chi connectivity index (χ4v) is 4.05. The van der Waals surface area contributed by atoms with Crippen LogP contribution in [0.4, 0.5) is 0 Å². The minimum absolute atomic E-state index is 0.147. The highest BCUT2D eigenvalue weighted by Crippen LogP contribution is 2.40. The Morgan fingerprint density at radius 3 is 2.80 bits per heavy atom. The molecule has 2 rings (SSSR count). The zero-order chi connectivity index (χ0) is 14.9. The quantitative estimate of drug-likeness (QED) is 0.898. The van der Waals surface area contributed by atoms with E-state index in [1.165, 1.54) is 18.4 Å². The minimum atomic E-state index is -0.835. The number of halogens is 1. The van der Waals surface area contributed by atoms with Crippen LogP contribution in [0.5, 0.6) is 5.75 Å². The van der Waals surface area contributed by atoms with Crippen LogP contribution in [0.2, 0.25) is 0 Å². The molecule has 20 heavy (non-hydrogen) atoms. The summed E-state index contributed by atoms with van der Waals surface area (Å²) in [4.78, 5) is 26.7. The summed E-state index contributed by atoms with van der Waals surface area (Å²) in [5.41, 5.74) is 0. The van der Waals surface area contributed by atoms with Crippen LogP contribution < -0.4 is 4.74 Å². The largest absolute Gasteiger partial charge is 0.494 e. The van der Waals surface area contributed by atoms with Crippen molar-refractivity contribution < 1.29 is 19.4 Å². The third kappa shape index (κ3) is 2.83. The maximum absolute atomic E-state index is 12.6. The first-order valence-electron chi connectivity index (χ1n) is 6.30. The fraction of sp³-hybridized carbons (Fsp3) is 0.538. The van der Waals surface area contributed by atoms with Crippen LogP contribution in [0.1, 0.15) is 27.4 Å². The van der Waals surface area contributed by atoms with E-state index in [4.69, 9.17) is 9.84 Å². The number of hydrogen-bond donors (Lipinski definition) is 1. The monoisotopic (exact) mass is 361 g/mol. The SMILES string of the molecule is COc1c(C(=O)N2CCC[C@H](C(=O)O)C2)sc(C)c1Br. The van der Waals surface area contributed by atoms with Crippen molar-refractivity contribution >= 4 is 39.1 Å². The van der Waals surface area contributed by atoms with Gasteiger partial charge in [0.15, 0.2) is 5.75 Å². The van der Waals surface area contributed by atoms with E-state index >= 15 is 0 Å². The number of nitrogens with zero attached hydrogens (tertiary/aromatic N) is 1. The molecule has 0 radical (unpaired) electrons. The van der Waals surface area contributed by atoms with Gasteiger partial charge in [-0.05, 0) is 35.7 Å². The highest BCUT2D eigenvalue weighted by Gasteiger charge is 2.31. The van der Waals surface area contributed by atoms with E-state index in [1.54, 1.807) is 4.90 Å². The first kappa shape index (κ1) is 15.3. The summed E-state index contributed by atoms with van der Waals surface area (Å²) in [6.07, 6.45) is 1.35. The molecule has 1 aromatic heterocycles. The van der Waals surface area contributed by atoms with Crippen LogP contribution >= 0.6 is 27.3 Å². The van der Waals surface area contributed by atoms with E-state index in [1.807, 2.05) is 6.92 Å². The molecule has 1 atom stereocenters. The first-order chi connectivity index (χ1) is 9.45. The summed E-state index contributed by atoms with van der Waals surface area (Å²) in [6.45, 7) is 2.77. The average molecular weight is 362 g/mol. The predicted molar refractivity (Wildman–Crippen MR) is 79.6 cm³/mol. The lowest BCUT2D eigenvalue weighted by atomic mass is 9.98. The molecule has 0 unspecified atom stereocenters. The molecule has 0 bridgehead atoms. The Balaban J connectivity index is 2.23. The molecule has 110 valence electrons. The number of methoxy groups -OCH3 is 1. The number of hydrogen-bond acceptors (Lipinski definition) is 4. The molecular formula is C13H16BrNO4S.